The highest BCUT2D eigenvalue weighted by Gasteiger charge is 2.25. The van der Waals surface area contributed by atoms with Crippen LogP contribution in [0.25, 0.3) is 0 Å². The molecule has 1 aliphatic rings. The van der Waals surface area contributed by atoms with Crippen LogP contribution in [-0.4, -0.2) is 21.0 Å². The maximum absolute atomic E-state index is 11.0. The van der Waals surface area contributed by atoms with Crippen LogP contribution in [0.1, 0.15) is 48.5 Å². The van der Waals surface area contributed by atoms with Gasteiger partial charge in [0.25, 0.3) is 0 Å². The molecule has 1 fully saturated rings. The van der Waals surface area contributed by atoms with Gasteiger partial charge in [-0.2, -0.15) is 0 Å². The Bertz CT molecular complexity index is 430. The van der Waals surface area contributed by atoms with Crippen molar-refractivity contribution in [1.82, 2.24) is 9.97 Å². The van der Waals surface area contributed by atoms with Crippen LogP contribution in [0.2, 0.25) is 0 Å². The number of hydrogen-bond acceptors (Lipinski definition) is 3. The van der Waals surface area contributed by atoms with E-state index in [1.165, 1.54) is 12.8 Å². The van der Waals surface area contributed by atoms with Crippen molar-refractivity contribution >= 4 is 5.97 Å². The Morgan fingerprint density at radius 2 is 1.88 bits per heavy atom. The maximum atomic E-state index is 11.0. The Labute approximate surface area is 101 Å². The first-order valence-corrected chi connectivity index (χ1v) is 6.06. The quantitative estimate of drug-likeness (QED) is 0.867. The zero-order chi connectivity index (χ0) is 12.6. The molecule has 1 atom stereocenters. The molecule has 0 radical (unpaired) electrons. The molecule has 0 amide bonds. The summed E-state index contributed by atoms with van der Waals surface area (Å²) in [6.45, 7) is 5.43. The lowest BCUT2D eigenvalue weighted by Crippen LogP contribution is -2.14. The second-order valence-corrected chi connectivity index (χ2v) is 4.93. The first-order chi connectivity index (χ1) is 7.99. The van der Waals surface area contributed by atoms with E-state index in [0.717, 1.165) is 35.1 Å². The van der Waals surface area contributed by atoms with Crippen molar-refractivity contribution in [2.24, 2.45) is 5.92 Å². The predicted molar refractivity (Wildman–Crippen MR) is 64.0 cm³/mol. The van der Waals surface area contributed by atoms with Gasteiger partial charge in [-0.1, -0.05) is 0 Å². The van der Waals surface area contributed by atoms with E-state index < -0.39 is 11.9 Å². The Morgan fingerprint density at radius 3 is 2.29 bits per heavy atom. The van der Waals surface area contributed by atoms with Crippen LogP contribution in [0.15, 0.2) is 0 Å². The molecule has 0 bridgehead atoms. The number of carboxylic acids is 1. The smallest absolute Gasteiger partial charge is 0.310 e. The summed E-state index contributed by atoms with van der Waals surface area (Å²) < 4.78 is 0. The summed E-state index contributed by atoms with van der Waals surface area (Å²) in [5.41, 5.74) is 2.38. The molecule has 1 aliphatic carbocycles. The van der Waals surface area contributed by atoms with Crippen LogP contribution in [0.3, 0.4) is 0 Å². The number of aromatic nitrogens is 2. The highest BCUT2D eigenvalue weighted by Crippen LogP contribution is 2.32. The second kappa shape index (κ2) is 4.43. The fraction of sp³-hybridized carbons (Fsp3) is 0.615. The summed E-state index contributed by atoms with van der Waals surface area (Å²) in [7, 11) is 0. The van der Waals surface area contributed by atoms with E-state index in [1.54, 1.807) is 6.92 Å². The predicted octanol–water partition coefficient (Wildman–Crippen LogP) is 2.23. The van der Waals surface area contributed by atoms with Gasteiger partial charge < -0.3 is 5.11 Å². The Balaban J connectivity index is 2.30. The Morgan fingerprint density at radius 1 is 1.35 bits per heavy atom. The van der Waals surface area contributed by atoms with Gasteiger partial charge in [0.05, 0.1) is 5.92 Å². The molecule has 4 nitrogen and oxygen atoms in total. The summed E-state index contributed by atoms with van der Waals surface area (Å²) in [5.74, 6) is 0.250. The van der Waals surface area contributed by atoms with E-state index in [9.17, 15) is 4.79 Å². The van der Waals surface area contributed by atoms with Crippen molar-refractivity contribution in [1.29, 1.82) is 0 Å². The number of aliphatic carboxylic acids is 1. The number of carbonyl (C=O) groups is 1. The average Bonchev–Trinajstić information content (AvgIpc) is 3.00. The number of carboxylic acid groups (broad SMARTS) is 1. The van der Waals surface area contributed by atoms with Crippen molar-refractivity contribution in [2.75, 3.05) is 0 Å². The number of rotatable bonds is 4. The van der Waals surface area contributed by atoms with Gasteiger partial charge in [0.2, 0.25) is 0 Å². The SMILES string of the molecule is Cc1nc(CC2CC2)nc(C)c1C(C)C(=O)O. The fourth-order valence-electron chi connectivity index (χ4n) is 2.22. The average molecular weight is 234 g/mol. The molecular weight excluding hydrogens is 216 g/mol. The van der Waals surface area contributed by atoms with Crippen molar-refractivity contribution in [3.05, 3.63) is 22.8 Å². The fourth-order valence-corrected chi connectivity index (χ4v) is 2.22. The first kappa shape index (κ1) is 12.0. The summed E-state index contributed by atoms with van der Waals surface area (Å²) in [5, 5.41) is 9.05. The standard InChI is InChI=1S/C13H18N2O2/c1-7(13(16)17)12-8(2)14-11(15-9(12)3)6-10-4-5-10/h7,10H,4-6H2,1-3H3,(H,16,17). The monoisotopic (exact) mass is 234 g/mol. The molecule has 1 aromatic rings. The highest BCUT2D eigenvalue weighted by atomic mass is 16.4. The first-order valence-electron chi connectivity index (χ1n) is 6.06. The third-order valence-electron chi connectivity index (χ3n) is 3.34. The molecule has 0 saturated heterocycles. The van der Waals surface area contributed by atoms with Gasteiger partial charge in [-0.15, -0.1) is 0 Å². The van der Waals surface area contributed by atoms with Crippen molar-refractivity contribution in [2.45, 2.75) is 46.0 Å². The van der Waals surface area contributed by atoms with Gasteiger partial charge in [0.1, 0.15) is 5.82 Å². The molecule has 2 rings (SSSR count). The van der Waals surface area contributed by atoms with Gasteiger partial charge in [-0.05, 0) is 39.5 Å². The van der Waals surface area contributed by atoms with E-state index in [4.69, 9.17) is 5.11 Å². The molecule has 4 heteroatoms. The van der Waals surface area contributed by atoms with Crippen LogP contribution < -0.4 is 0 Å². The lowest BCUT2D eigenvalue weighted by atomic mass is 9.98. The van der Waals surface area contributed by atoms with Gasteiger partial charge in [-0.25, -0.2) is 9.97 Å². The largest absolute Gasteiger partial charge is 0.481 e. The summed E-state index contributed by atoms with van der Waals surface area (Å²) in [4.78, 5) is 19.9. The van der Waals surface area contributed by atoms with Crippen LogP contribution in [0.4, 0.5) is 0 Å². The molecule has 92 valence electrons. The minimum absolute atomic E-state index is 0.537. The molecule has 17 heavy (non-hydrogen) atoms. The van der Waals surface area contributed by atoms with Crippen LogP contribution in [0, 0.1) is 19.8 Å². The molecule has 1 aromatic heterocycles. The minimum Gasteiger partial charge on any atom is -0.481 e. The van der Waals surface area contributed by atoms with Crippen molar-refractivity contribution < 1.29 is 9.90 Å². The van der Waals surface area contributed by atoms with Crippen LogP contribution >= 0.6 is 0 Å². The number of nitrogens with zero attached hydrogens (tertiary/aromatic N) is 2. The second-order valence-electron chi connectivity index (χ2n) is 4.93. The van der Waals surface area contributed by atoms with Gasteiger partial charge in [0.15, 0.2) is 0 Å². The van der Waals surface area contributed by atoms with E-state index >= 15 is 0 Å². The molecular formula is C13H18N2O2. The summed E-state index contributed by atoms with van der Waals surface area (Å²) in [6.07, 6.45) is 3.48. The molecule has 0 spiro atoms. The Hall–Kier alpha value is -1.45. The minimum atomic E-state index is -0.824. The Kier molecular flexibility index (Phi) is 3.13. The van der Waals surface area contributed by atoms with E-state index in [-0.39, 0.29) is 0 Å². The molecule has 0 aliphatic heterocycles. The lowest BCUT2D eigenvalue weighted by Gasteiger charge is -2.13. The van der Waals surface area contributed by atoms with E-state index in [1.807, 2.05) is 13.8 Å². The topological polar surface area (TPSA) is 63.1 Å². The maximum Gasteiger partial charge on any atom is 0.310 e. The number of hydrogen-bond donors (Lipinski definition) is 1. The molecule has 0 aromatic carbocycles. The summed E-state index contributed by atoms with van der Waals surface area (Å²) >= 11 is 0. The molecule has 1 unspecified atom stereocenters. The number of aryl methyl sites for hydroxylation is 2. The lowest BCUT2D eigenvalue weighted by molar-refractivity contribution is -0.138. The normalized spacial score (nSPS) is 16.9. The highest BCUT2D eigenvalue weighted by molar-refractivity contribution is 5.76. The van der Waals surface area contributed by atoms with E-state index in [2.05, 4.69) is 9.97 Å². The van der Waals surface area contributed by atoms with E-state index in [0.29, 0.717) is 0 Å². The van der Waals surface area contributed by atoms with Gasteiger partial charge in [-0.3, -0.25) is 4.79 Å². The third-order valence-corrected chi connectivity index (χ3v) is 3.34. The zero-order valence-electron chi connectivity index (χ0n) is 10.5. The van der Waals surface area contributed by atoms with Crippen molar-refractivity contribution in [3.63, 3.8) is 0 Å². The molecule has 1 N–H and O–H groups in total. The van der Waals surface area contributed by atoms with Gasteiger partial charge >= 0.3 is 5.97 Å². The zero-order valence-corrected chi connectivity index (χ0v) is 10.5. The van der Waals surface area contributed by atoms with Crippen LogP contribution in [-0.2, 0) is 11.2 Å². The summed E-state index contributed by atoms with van der Waals surface area (Å²) in [6, 6.07) is 0. The third kappa shape index (κ3) is 2.62. The molecule has 1 saturated carbocycles. The van der Waals surface area contributed by atoms with Crippen molar-refractivity contribution in [3.8, 4) is 0 Å². The molecule has 1 heterocycles. The van der Waals surface area contributed by atoms with Crippen LogP contribution in [0.5, 0.6) is 0 Å². The van der Waals surface area contributed by atoms with Gasteiger partial charge in [0, 0.05) is 23.4 Å².